The second kappa shape index (κ2) is 5.53. The average molecular weight is 261 g/mol. The van der Waals surface area contributed by atoms with E-state index in [1.165, 1.54) is 11.6 Å². The third-order valence-electron chi connectivity index (χ3n) is 3.37. The Balaban J connectivity index is 2.10. The second-order valence-electron chi connectivity index (χ2n) is 5.01. The number of nitrogens with one attached hydrogen (secondary N) is 1. The fraction of sp³-hybridized carbons (Fsp3) is 0.400. The normalized spacial score (nSPS) is 14.4. The van der Waals surface area contributed by atoms with Gasteiger partial charge in [0.05, 0.1) is 5.69 Å². The molecule has 1 aromatic carbocycles. The summed E-state index contributed by atoms with van der Waals surface area (Å²) in [6, 6.07) is 6.97. The van der Waals surface area contributed by atoms with Gasteiger partial charge in [-0.05, 0) is 38.5 Å². The topological polar surface area (TPSA) is 29.9 Å². The second-order valence-corrected chi connectivity index (χ2v) is 5.01. The Bertz CT molecular complexity index is 562. The van der Waals surface area contributed by atoms with Crippen LogP contribution in [0.2, 0.25) is 0 Å². The molecule has 1 N–H and O–H groups in total. The van der Waals surface area contributed by atoms with Gasteiger partial charge in [0.15, 0.2) is 0 Å². The van der Waals surface area contributed by atoms with Gasteiger partial charge in [-0.2, -0.15) is 5.10 Å². The predicted molar refractivity (Wildman–Crippen MR) is 74.3 cm³/mol. The van der Waals surface area contributed by atoms with Crippen LogP contribution in [0.15, 0.2) is 30.5 Å². The monoisotopic (exact) mass is 261 g/mol. The molecule has 0 aliphatic heterocycles. The van der Waals surface area contributed by atoms with Crippen LogP contribution in [0, 0.1) is 12.7 Å². The molecule has 0 spiro atoms. The van der Waals surface area contributed by atoms with Crippen LogP contribution in [-0.4, -0.2) is 9.78 Å². The minimum atomic E-state index is -0.198. The van der Waals surface area contributed by atoms with Gasteiger partial charge in [-0.3, -0.25) is 4.68 Å². The van der Waals surface area contributed by atoms with Crippen LogP contribution in [0.1, 0.15) is 42.8 Å². The van der Waals surface area contributed by atoms with Crippen molar-refractivity contribution in [1.29, 1.82) is 0 Å². The lowest BCUT2D eigenvalue weighted by Gasteiger charge is -2.20. The fourth-order valence-electron chi connectivity index (χ4n) is 2.38. The highest BCUT2D eigenvalue weighted by Crippen LogP contribution is 2.21. The minimum Gasteiger partial charge on any atom is -0.304 e. The third-order valence-corrected chi connectivity index (χ3v) is 3.37. The van der Waals surface area contributed by atoms with Gasteiger partial charge in [0, 0.05) is 30.9 Å². The molecule has 0 fully saturated rings. The van der Waals surface area contributed by atoms with E-state index in [1.807, 2.05) is 37.8 Å². The van der Waals surface area contributed by atoms with Crippen molar-refractivity contribution in [3.8, 4) is 0 Å². The first-order valence-corrected chi connectivity index (χ1v) is 6.49. The molecule has 0 amide bonds. The van der Waals surface area contributed by atoms with Crippen LogP contribution >= 0.6 is 0 Å². The highest BCUT2D eigenvalue weighted by molar-refractivity contribution is 5.22. The predicted octanol–water partition coefficient (Wildman–Crippen LogP) is 3.28. The van der Waals surface area contributed by atoms with Crippen LogP contribution in [-0.2, 0) is 7.05 Å². The Kier molecular flexibility index (Phi) is 4.00. The molecule has 3 nitrogen and oxygen atoms in total. The highest BCUT2D eigenvalue weighted by atomic mass is 19.1. The Morgan fingerprint density at radius 3 is 2.58 bits per heavy atom. The van der Waals surface area contributed by atoms with Gasteiger partial charge in [-0.25, -0.2) is 4.39 Å². The molecule has 0 aliphatic rings. The van der Waals surface area contributed by atoms with Crippen LogP contribution in [0.25, 0.3) is 0 Å². The van der Waals surface area contributed by atoms with Crippen LogP contribution in [0.4, 0.5) is 4.39 Å². The van der Waals surface area contributed by atoms with Crippen molar-refractivity contribution in [3.05, 3.63) is 53.1 Å². The summed E-state index contributed by atoms with van der Waals surface area (Å²) in [5.41, 5.74) is 3.15. The number of rotatable bonds is 4. The molecule has 0 saturated carbocycles. The lowest BCUT2D eigenvalue weighted by Crippen LogP contribution is -2.22. The summed E-state index contributed by atoms with van der Waals surface area (Å²) in [6.45, 7) is 6.14. The molecule has 4 heteroatoms. The first-order chi connectivity index (χ1) is 8.97. The Labute approximate surface area is 113 Å². The van der Waals surface area contributed by atoms with Crippen molar-refractivity contribution in [3.63, 3.8) is 0 Å². The molecule has 2 atom stereocenters. The van der Waals surface area contributed by atoms with Crippen molar-refractivity contribution in [2.75, 3.05) is 0 Å². The van der Waals surface area contributed by atoms with Crippen molar-refractivity contribution in [2.24, 2.45) is 7.05 Å². The molecule has 0 saturated heterocycles. The average Bonchev–Trinajstić information content (AvgIpc) is 2.68. The van der Waals surface area contributed by atoms with E-state index in [4.69, 9.17) is 0 Å². The van der Waals surface area contributed by atoms with Gasteiger partial charge in [0.25, 0.3) is 0 Å². The molecule has 2 aromatic rings. The minimum absolute atomic E-state index is 0.0882. The SMILES string of the molecule is Cc1nn(C)cc1C(C)NC(C)c1cccc(F)c1. The zero-order valence-electron chi connectivity index (χ0n) is 11.8. The van der Waals surface area contributed by atoms with Crippen LogP contribution in [0.3, 0.4) is 0 Å². The smallest absolute Gasteiger partial charge is 0.123 e. The van der Waals surface area contributed by atoms with E-state index in [0.717, 1.165) is 11.3 Å². The maximum absolute atomic E-state index is 13.2. The molecular formula is C15H20FN3. The molecule has 102 valence electrons. The summed E-state index contributed by atoms with van der Waals surface area (Å²) >= 11 is 0. The first kappa shape index (κ1) is 13.7. The zero-order valence-corrected chi connectivity index (χ0v) is 11.8. The van der Waals surface area contributed by atoms with Crippen molar-refractivity contribution >= 4 is 0 Å². The maximum Gasteiger partial charge on any atom is 0.123 e. The molecule has 0 aliphatic carbocycles. The van der Waals surface area contributed by atoms with E-state index in [2.05, 4.69) is 17.3 Å². The van der Waals surface area contributed by atoms with E-state index in [1.54, 1.807) is 12.1 Å². The summed E-state index contributed by atoms with van der Waals surface area (Å²) in [4.78, 5) is 0. The number of hydrogen-bond acceptors (Lipinski definition) is 2. The molecule has 2 rings (SSSR count). The van der Waals surface area contributed by atoms with Gasteiger partial charge in [-0.1, -0.05) is 12.1 Å². The summed E-state index contributed by atoms with van der Waals surface area (Å²) in [5.74, 6) is -0.198. The third kappa shape index (κ3) is 3.20. The summed E-state index contributed by atoms with van der Waals surface area (Å²) in [7, 11) is 1.92. The van der Waals surface area contributed by atoms with Gasteiger partial charge in [0.2, 0.25) is 0 Å². The summed E-state index contributed by atoms with van der Waals surface area (Å²) < 4.78 is 15.0. The standard InChI is InChI=1S/C15H20FN3/c1-10(13-6-5-7-14(16)8-13)17-11(2)15-9-19(4)18-12(15)3/h5-11,17H,1-4H3. The van der Waals surface area contributed by atoms with E-state index in [0.29, 0.717) is 0 Å². The first-order valence-electron chi connectivity index (χ1n) is 6.49. The molecule has 1 heterocycles. The largest absolute Gasteiger partial charge is 0.304 e. The number of nitrogens with zero attached hydrogens (tertiary/aromatic N) is 2. The lowest BCUT2D eigenvalue weighted by molar-refractivity contribution is 0.490. The molecule has 0 bridgehead atoms. The van der Waals surface area contributed by atoms with Gasteiger partial charge < -0.3 is 5.32 Å². The number of halogens is 1. The quantitative estimate of drug-likeness (QED) is 0.915. The summed E-state index contributed by atoms with van der Waals surface area (Å²) in [5, 5.41) is 7.82. The number of benzene rings is 1. The maximum atomic E-state index is 13.2. The summed E-state index contributed by atoms with van der Waals surface area (Å²) in [6.07, 6.45) is 2.02. The van der Waals surface area contributed by atoms with Crippen molar-refractivity contribution < 1.29 is 4.39 Å². The number of hydrogen-bond donors (Lipinski definition) is 1. The highest BCUT2D eigenvalue weighted by Gasteiger charge is 2.15. The van der Waals surface area contributed by atoms with E-state index in [9.17, 15) is 4.39 Å². The zero-order chi connectivity index (χ0) is 14.0. The molecule has 1 aromatic heterocycles. The molecular weight excluding hydrogens is 241 g/mol. The Morgan fingerprint density at radius 1 is 1.26 bits per heavy atom. The van der Waals surface area contributed by atoms with Crippen molar-refractivity contribution in [2.45, 2.75) is 32.9 Å². The molecule has 0 radical (unpaired) electrons. The lowest BCUT2D eigenvalue weighted by atomic mass is 10.0. The Hall–Kier alpha value is -1.68. The van der Waals surface area contributed by atoms with Crippen LogP contribution < -0.4 is 5.32 Å². The van der Waals surface area contributed by atoms with E-state index < -0.39 is 0 Å². The van der Waals surface area contributed by atoms with E-state index in [-0.39, 0.29) is 17.9 Å². The fourth-order valence-corrected chi connectivity index (χ4v) is 2.38. The molecule has 19 heavy (non-hydrogen) atoms. The Morgan fingerprint density at radius 2 is 2.00 bits per heavy atom. The van der Waals surface area contributed by atoms with Gasteiger partial charge in [0.1, 0.15) is 5.82 Å². The van der Waals surface area contributed by atoms with Crippen molar-refractivity contribution in [1.82, 2.24) is 15.1 Å². The van der Waals surface area contributed by atoms with Gasteiger partial charge >= 0.3 is 0 Å². The molecule has 2 unspecified atom stereocenters. The number of aryl methyl sites for hydroxylation is 2. The van der Waals surface area contributed by atoms with Gasteiger partial charge in [-0.15, -0.1) is 0 Å². The number of aromatic nitrogens is 2. The van der Waals surface area contributed by atoms with E-state index >= 15 is 0 Å². The van der Waals surface area contributed by atoms with Crippen LogP contribution in [0.5, 0.6) is 0 Å².